The van der Waals surface area contributed by atoms with Crippen LogP contribution in [0.3, 0.4) is 0 Å². The van der Waals surface area contributed by atoms with E-state index in [1.807, 2.05) is 55.0 Å². The Labute approximate surface area is 226 Å². The normalized spacial score (nSPS) is 19.9. The van der Waals surface area contributed by atoms with E-state index in [0.29, 0.717) is 19.5 Å². The summed E-state index contributed by atoms with van der Waals surface area (Å²) < 4.78 is 63.5. The molecule has 3 rings (SSSR count). The van der Waals surface area contributed by atoms with Crippen LogP contribution < -0.4 is 0 Å². The highest BCUT2D eigenvalue weighted by atomic mass is 19.4. The molecule has 10 nitrogen and oxygen atoms in total. The zero-order valence-electron chi connectivity index (χ0n) is 22.1. The van der Waals surface area contributed by atoms with Gasteiger partial charge in [0.15, 0.2) is 0 Å². The predicted molar refractivity (Wildman–Crippen MR) is 128 cm³/mol. The summed E-state index contributed by atoms with van der Waals surface area (Å²) >= 11 is 0. The van der Waals surface area contributed by atoms with Crippen molar-refractivity contribution < 1.29 is 55.7 Å². The van der Waals surface area contributed by atoms with Gasteiger partial charge in [-0.05, 0) is 19.1 Å². The standard InChI is InChI=1S/C20H30N4O2.2C2HF3O2/c1-4-23-14-20(11-18(23)25)13-22(12-17-7-5-6-8-21-17)9-10-24(15-20)19(26)16(2)3;2*3-2(4,5)1(6)7/h5-8,16H,4,9-15H2,1-3H3;2*(H,6,7). The fourth-order valence-corrected chi connectivity index (χ4v) is 4.24. The monoisotopic (exact) mass is 586 g/mol. The second-order valence-corrected chi connectivity index (χ2v) is 9.64. The molecule has 0 aromatic carbocycles. The number of carboxylic acids is 2. The third kappa shape index (κ3) is 11.0. The van der Waals surface area contributed by atoms with Crippen LogP contribution in [0.2, 0.25) is 0 Å². The van der Waals surface area contributed by atoms with Crippen molar-refractivity contribution in [2.24, 2.45) is 11.3 Å². The molecule has 0 bridgehead atoms. The molecule has 1 unspecified atom stereocenters. The van der Waals surface area contributed by atoms with Crippen LogP contribution in [0.15, 0.2) is 24.4 Å². The lowest BCUT2D eigenvalue weighted by Gasteiger charge is -2.34. The van der Waals surface area contributed by atoms with Gasteiger partial charge in [0.1, 0.15) is 0 Å². The molecule has 0 radical (unpaired) electrons. The summed E-state index contributed by atoms with van der Waals surface area (Å²) in [6, 6.07) is 5.96. The van der Waals surface area contributed by atoms with E-state index in [2.05, 4.69) is 9.88 Å². The molecular formula is C24H32F6N4O6. The second-order valence-electron chi connectivity index (χ2n) is 9.64. The summed E-state index contributed by atoms with van der Waals surface area (Å²) in [5.74, 6) is -5.13. The minimum atomic E-state index is -5.08. The number of carboxylic acid groups (broad SMARTS) is 2. The fourth-order valence-electron chi connectivity index (χ4n) is 4.24. The van der Waals surface area contributed by atoms with Crippen LogP contribution in [0.1, 0.15) is 32.9 Å². The molecule has 16 heteroatoms. The first-order chi connectivity index (χ1) is 18.3. The Morgan fingerprint density at radius 3 is 1.93 bits per heavy atom. The molecule has 2 aliphatic rings. The molecule has 2 N–H and O–H groups in total. The maximum absolute atomic E-state index is 12.7. The van der Waals surface area contributed by atoms with Crippen molar-refractivity contribution in [1.82, 2.24) is 19.7 Å². The molecule has 226 valence electrons. The molecule has 2 aliphatic heterocycles. The third-order valence-electron chi connectivity index (χ3n) is 5.96. The van der Waals surface area contributed by atoms with E-state index in [1.165, 1.54) is 0 Å². The van der Waals surface area contributed by atoms with Crippen molar-refractivity contribution in [2.75, 3.05) is 39.3 Å². The van der Waals surface area contributed by atoms with Gasteiger partial charge in [-0.15, -0.1) is 0 Å². The van der Waals surface area contributed by atoms with Gasteiger partial charge in [0.25, 0.3) is 0 Å². The zero-order chi connectivity index (χ0) is 30.9. The molecular weight excluding hydrogens is 554 g/mol. The highest BCUT2D eigenvalue weighted by molar-refractivity contribution is 5.81. The number of amides is 2. The Bertz CT molecular complexity index is 997. The van der Waals surface area contributed by atoms with Gasteiger partial charge in [0.05, 0.1) is 5.69 Å². The van der Waals surface area contributed by atoms with Crippen molar-refractivity contribution in [3.05, 3.63) is 30.1 Å². The van der Waals surface area contributed by atoms with Crippen LogP contribution in [0.5, 0.6) is 0 Å². The van der Waals surface area contributed by atoms with Crippen LogP contribution in [0.25, 0.3) is 0 Å². The number of hydrogen-bond acceptors (Lipinski definition) is 6. The van der Waals surface area contributed by atoms with Gasteiger partial charge < -0.3 is 20.0 Å². The van der Waals surface area contributed by atoms with Crippen molar-refractivity contribution in [2.45, 2.75) is 46.1 Å². The maximum atomic E-state index is 12.7. The van der Waals surface area contributed by atoms with Gasteiger partial charge in [-0.3, -0.25) is 19.5 Å². The lowest BCUT2D eigenvalue weighted by atomic mass is 9.85. The summed E-state index contributed by atoms with van der Waals surface area (Å²) in [5.41, 5.74) is 0.853. The Kier molecular flexibility index (Phi) is 12.3. The number of halogens is 6. The summed E-state index contributed by atoms with van der Waals surface area (Å²) in [6.07, 6.45) is -7.82. The number of pyridine rings is 1. The smallest absolute Gasteiger partial charge is 0.475 e. The zero-order valence-corrected chi connectivity index (χ0v) is 22.1. The van der Waals surface area contributed by atoms with Crippen LogP contribution in [0.4, 0.5) is 26.3 Å². The first-order valence-electron chi connectivity index (χ1n) is 12.1. The molecule has 40 heavy (non-hydrogen) atoms. The van der Waals surface area contributed by atoms with Crippen molar-refractivity contribution in [3.8, 4) is 0 Å². The molecule has 3 heterocycles. The highest BCUT2D eigenvalue weighted by Crippen LogP contribution is 2.35. The molecule has 2 saturated heterocycles. The minimum Gasteiger partial charge on any atom is -0.475 e. The number of aromatic nitrogens is 1. The Morgan fingerprint density at radius 2 is 1.52 bits per heavy atom. The van der Waals surface area contributed by atoms with Crippen molar-refractivity contribution in [3.63, 3.8) is 0 Å². The predicted octanol–water partition coefficient (Wildman–Crippen LogP) is 2.89. The Morgan fingerprint density at radius 1 is 0.975 bits per heavy atom. The molecule has 1 atom stereocenters. The highest BCUT2D eigenvalue weighted by Gasteiger charge is 2.47. The largest absolute Gasteiger partial charge is 0.490 e. The van der Waals surface area contributed by atoms with Crippen molar-refractivity contribution in [1.29, 1.82) is 0 Å². The summed E-state index contributed by atoms with van der Waals surface area (Å²) in [4.78, 5) is 53.7. The second kappa shape index (κ2) is 14.3. The summed E-state index contributed by atoms with van der Waals surface area (Å²) in [6.45, 7) is 11.2. The van der Waals surface area contributed by atoms with E-state index in [1.54, 1.807) is 0 Å². The average Bonchev–Trinajstić information content (AvgIpc) is 3.04. The number of alkyl halides is 6. The lowest BCUT2D eigenvalue weighted by Crippen LogP contribution is -2.45. The molecule has 1 aromatic heterocycles. The summed E-state index contributed by atoms with van der Waals surface area (Å²) in [7, 11) is 0. The summed E-state index contributed by atoms with van der Waals surface area (Å²) in [5, 5.41) is 14.2. The maximum Gasteiger partial charge on any atom is 0.490 e. The SMILES string of the molecule is CCN1CC2(CC1=O)CN(Cc1ccccn1)CCN(C(=O)C(C)C)C2.O=C(O)C(F)(F)F.O=C(O)C(F)(F)F. The molecule has 1 spiro atoms. The Balaban J connectivity index is 0.000000473. The van der Waals surface area contributed by atoms with E-state index >= 15 is 0 Å². The van der Waals surface area contributed by atoms with E-state index in [0.717, 1.165) is 38.4 Å². The van der Waals surface area contributed by atoms with Crippen LogP contribution in [0, 0.1) is 11.3 Å². The van der Waals surface area contributed by atoms with Gasteiger partial charge in [-0.2, -0.15) is 26.3 Å². The third-order valence-corrected chi connectivity index (χ3v) is 5.96. The molecule has 2 fully saturated rings. The number of hydrogen-bond donors (Lipinski definition) is 2. The molecule has 2 amide bonds. The molecule has 1 aromatic rings. The van der Waals surface area contributed by atoms with Crippen molar-refractivity contribution >= 4 is 23.8 Å². The Hall–Kier alpha value is -3.43. The van der Waals surface area contributed by atoms with E-state index < -0.39 is 24.3 Å². The van der Waals surface area contributed by atoms with Gasteiger partial charge >= 0.3 is 24.3 Å². The van der Waals surface area contributed by atoms with E-state index in [-0.39, 0.29) is 23.1 Å². The van der Waals surface area contributed by atoms with Gasteiger partial charge in [0.2, 0.25) is 11.8 Å². The first-order valence-corrected chi connectivity index (χ1v) is 12.1. The van der Waals surface area contributed by atoms with Crippen LogP contribution >= 0.6 is 0 Å². The number of likely N-dealkylation sites (tertiary alicyclic amines) is 1. The molecule has 0 aliphatic carbocycles. The quantitative estimate of drug-likeness (QED) is 0.515. The van der Waals surface area contributed by atoms with Gasteiger partial charge in [-0.1, -0.05) is 19.9 Å². The fraction of sp³-hybridized carbons (Fsp3) is 0.625. The van der Waals surface area contributed by atoms with E-state index in [9.17, 15) is 35.9 Å². The van der Waals surface area contributed by atoms with Gasteiger partial charge in [-0.25, -0.2) is 9.59 Å². The van der Waals surface area contributed by atoms with Gasteiger partial charge in [0, 0.05) is 69.8 Å². The number of aliphatic carboxylic acids is 2. The number of rotatable bonds is 4. The first kappa shape index (κ1) is 34.6. The van der Waals surface area contributed by atoms with Crippen LogP contribution in [-0.4, -0.2) is 105 Å². The minimum absolute atomic E-state index is 0.0197. The number of nitrogens with zero attached hydrogens (tertiary/aromatic N) is 4. The van der Waals surface area contributed by atoms with Crippen LogP contribution in [-0.2, 0) is 25.7 Å². The number of carbonyl (C=O) groups excluding carboxylic acids is 2. The molecule has 0 saturated carbocycles. The average molecular weight is 587 g/mol. The van der Waals surface area contributed by atoms with E-state index in [4.69, 9.17) is 19.8 Å². The lowest BCUT2D eigenvalue weighted by molar-refractivity contribution is -0.193. The number of carbonyl (C=O) groups is 4. The topological polar surface area (TPSA) is 131 Å².